The molecule has 1 aromatic carbocycles. The van der Waals surface area contributed by atoms with Crippen molar-refractivity contribution in [3.8, 4) is 5.75 Å². The van der Waals surface area contributed by atoms with E-state index in [1.807, 2.05) is 6.07 Å². The van der Waals surface area contributed by atoms with E-state index in [2.05, 4.69) is 20.5 Å². The number of rotatable bonds is 7. The van der Waals surface area contributed by atoms with Crippen molar-refractivity contribution < 1.29 is 28.6 Å². The maximum atomic E-state index is 13.6. The standard InChI is InChI=1S/C26H30ClFN4O5/c27-19-2-1-18(14-20(19)28)37-16-23(34)30-26-6-4-25(5-7-26,15-22(26)33)31-24(35)21-13-17(3-8-29-21)32-9-11-36-12-10-32/h1-3,8,13-14,22,33H,4-7,9-12,15-16H2,(H,30,34)(H,31,35)/t22-,25?,26?/m0/s1. The maximum absolute atomic E-state index is 13.6. The van der Waals surface area contributed by atoms with Crippen molar-refractivity contribution in [2.75, 3.05) is 37.8 Å². The summed E-state index contributed by atoms with van der Waals surface area (Å²) in [5.74, 6) is -1.12. The molecule has 1 aliphatic heterocycles. The highest BCUT2D eigenvalue weighted by molar-refractivity contribution is 6.30. The van der Waals surface area contributed by atoms with Crippen LogP contribution in [0.1, 0.15) is 42.6 Å². The Bertz CT molecular complexity index is 1170. The van der Waals surface area contributed by atoms with Crippen LogP contribution in [-0.2, 0) is 9.53 Å². The van der Waals surface area contributed by atoms with Gasteiger partial charge in [-0.2, -0.15) is 0 Å². The number of halogens is 2. The second-order valence-electron chi connectivity index (χ2n) is 10.0. The zero-order valence-electron chi connectivity index (χ0n) is 20.3. The molecule has 2 amide bonds. The Morgan fingerprint density at radius 1 is 1.16 bits per heavy atom. The third-order valence-electron chi connectivity index (χ3n) is 7.70. The zero-order valence-corrected chi connectivity index (χ0v) is 21.1. The third kappa shape index (κ3) is 5.51. The largest absolute Gasteiger partial charge is 0.484 e. The van der Waals surface area contributed by atoms with Crippen LogP contribution in [0.2, 0.25) is 5.02 Å². The molecule has 2 bridgehead atoms. The van der Waals surface area contributed by atoms with Crippen molar-refractivity contribution in [2.24, 2.45) is 0 Å². The summed E-state index contributed by atoms with van der Waals surface area (Å²) in [4.78, 5) is 32.2. The van der Waals surface area contributed by atoms with Crippen molar-refractivity contribution in [2.45, 2.75) is 49.3 Å². The number of aliphatic hydroxyl groups is 1. The molecule has 2 heterocycles. The van der Waals surface area contributed by atoms with Crippen molar-refractivity contribution >= 4 is 29.1 Å². The third-order valence-corrected chi connectivity index (χ3v) is 8.01. The van der Waals surface area contributed by atoms with Gasteiger partial charge in [0, 0.05) is 36.6 Å². The highest BCUT2D eigenvalue weighted by Gasteiger charge is 2.55. The number of pyridine rings is 1. The normalized spacial score (nSPS) is 27.0. The lowest BCUT2D eigenvalue weighted by atomic mass is 9.60. The van der Waals surface area contributed by atoms with Gasteiger partial charge in [0.05, 0.1) is 29.9 Å². The number of hydrogen-bond acceptors (Lipinski definition) is 7. The molecule has 198 valence electrons. The molecule has 9 nitrogen and oxygen atoms in total. The van der Waals surface area contributed by atoms with Crippen LogP contribution in [0.25, 0.3) is 0 Å². The Hall–Kier alpha value is -2.95. The van der Waals surface area contributed by atoms with Crippen LogP contribution in [0.3, 0.4) is 0 Å². The van der Waals surface area contributed by atoms with E-state index in [1.165, 1.54) is 12.1 Å². The fourth-order valence-electron chi connectivity index (χ4n) is 5.56. The second kappa shape index (κ2) is 10.4. The first-order chi connectivity index (χ1) is 17.8. The molecule has 3 N–H and O–H groups in total. The lowest BCUT2D eigenvalue weighted by molar-refractivity contribution is -0.132. The molecule has 37 heavy (non-hydrogen) atoms. The van der Waals surface area contributed by atoms with Crippen molar-refractivity contribution in [3.05, 3.63) is 53.1 Å². The monoisotopic (exact) mass is 532 g/mol. The lowest BCUT2D eigenvalue weighted by Gasteiger charge is -2.56. The zero-order chi connectivity index (χ0) is 26.0. The van der Waals surface area contributed by atoms with E-state index < -0.39 is 28.9 Å². The number of carbonyl (C=O) groups excluding carboxylic acids is 2. The van der Waals surface area contributed by atoms with Crippen LogP contribution < -0.4 is 20.3 Å². The number of carbonyl (C=O) groups is 2. The molecule has 4 fully saturated rings. The van der Waals surface area contributed by atoms with Gasteiger partial charge in [-0.3, -0.25) is 14.6 Å². The summed E-state index contributed by atoms with van der Waals surface area (Å²) in [7, 11) is 0. The fourth-order valence-corrected chi connectivity index (χ4v) is 5.68. The average Bonchev–Trinajstić information content (AvgIpc) is 2.91. The van der Waals surface area contributed by atoms with Crippen LogP contribution in [-0.4, -0.2) is 72.0 Å². The molecule has 1 saturated heterocycles. The molecule has 1 atom stereocenters. The van der Waals surface area contributed by atoms with Crippen LogP contribution in [0.4, 0.5) is 10.1 Å². The van der Waals surface area contributed by atoms with E-state index in [0.717, 1.165) is 24.8 Å². The molecule has 4 aliphatic rings. The van der Waals surface area contributed by atoms with E-state index in [1.54, 1.807) is 12.3 Å². The molecule has 6 rings (SSSR count). The van der Waals surface area contributed by atoms with Crippen LogP contribution in [0.5, 0.6) is 5.75 Å². The molecular formula is C26H30ClFN4O5. The first-order valence-electron chi connectivity index (χ1n) is 12.5. The average molecular weight is 533 g/mol. The molecule has 2 aromatic rings. The van der Waals surface area contributed by atoms with Crippen molar-refractivity contribution in [1.82, 2.24) is 15.6 Å². The molecule has 0 radical (unpaired) electrons. The van der Waals surface area contributed by atoms with E-state index in [4.69, 9.17) is 21.1 Å². The number of nitrogens with zero attached hydrogens (tertiary/aromatic N) is 2. The lowest BCUT2D eigenvalue weighted by Crippen LogP contribution is -2.70. The first-order valence-corrected chi connectivity index (χ1v) is 12.8. The summed E-state index contributed by atoms with van der Waals surface area (Å²) in [5.41, 5.74) is -0.0817. The Morgan fingerprint density at radius 2 is 1.92 bits per heavy atom. The smallest absolute Gasteiger partial charge is 0.270 e. The van der Waals surface area contributed by atoms with Crippen molar-refractivity contribution in [1.29, 1.82) is 0 Å². The SMILES string of the molecule is O=C(COc1ccc(Cl)c(F)c1)NC12CCC(NC(=O)c3cc(N4CCOCC4)ccn3)(CC1)C[C@@H]2O. The molecule has 11 heteroatoms. The number of aliphatic hydroxyl groups excluding tert-OH is 1. The second-order valence-corrected chi connectivity index (χ2v) is 10.4. The summed E-state index contributed by atoms with van der Waals surface area (Å²) >= 11 is 5.67. The highest BCUT2D eigenvalue weighted by atomic mass is 35.5. The Kier molecular flexibility index (Phi) is 7.24. The van der Waals surface area contributed by atoms with E-state index in [0.29, 0.717) is 51.0 Å². The van der Waals surface area contributed by atoms with Gasteiger partial charge in [0.1, 0.15) is 17.3 Å². The Balaban J connectivity index is 1.17. The predicted octanol–water partition coefficient (Wildman–Crippen LogP) is 2.45. The highest BCUT2D eigenvalue weighted by Crippen LogP contribution is 2.47. The minimum absolute atomic E-state index is 0.0283. The number of ether oxygens (including phenoxy) is 2. The minimum atomic E-state index is -0.833. The van der Waals surface area contributed by atoms with Gasteiger partial charge in [-0.15, -0.1) is 0 Å². The minimum Gasteiger partial charge on any atom is -0.484 e. The van der Waals surface area contributed by atoms with Crippen LogP contribution in [0.15, 0.2) is 36.5 Å². The predicted molar refractivity (Wildman–Crippen MR) is 134 cm³/mol. The molecule has 3 aliphatic carbocycles. The van der Waals surface area contributed by atoms with Gasteiger partial charge in [-0.05, 0) is 56.4 Å². The summed E-state index contributed by atoms with van der Waals surface area (Å²) in [6, 6.07) is 7.63. The van der Waals surface area contributed by atoms with Gasteiger partial charge in [0.2, 0.25) is 0 Å². The molecule has 0 unspecified atom stereocenters. The number of hydrogen-bond donors (Lipinski definition) is 3. The first kappa shape index (κ1) is 25.7. The van der Waals surface area contributed by atoms with E-state index in [9.17, 15) is 19.1 Å². The maximum Gasteiger partial charge on any atom is 0.270 e. The molecule has 3 saturated carbocycles. The van der Waals surface area contributed by atoms with E-state index in [-0.39, 0.29) is 23.3 Å². The van der Waals surface area contributed by atoms with Gasteiger partial charge in [-0.1, -0.05) is 11.6 Å². The number of aromatic nitrogens is 1. The fraction of sp³-hybridized carbons (Fsp3) is 0.500. The number of nitrogens with one attached hydrogen (secondary N) is 2. The van der Waals surface area contributed by atoms with Crippen molar-refractivity contribution in [3.63, 3.8) is 0 Å². The number of anilines is 1. The number of benzene rings is 1. The van der Waals surface area contributed by atoms with Gasteiger partial charge in [-0.25, -0.2) is 4.39 Å². The number of fused-ring (bicyclic) bond motifs is 3. The number of amides is 2. The molecule has 1 aromatic heterocycles. The van der Waals surface area contributed by atoms with E-state index >= 15 is 0 Å². The Labute approximate surface area is 219 Å². The van der Waals surface area contributed by atoms with Gasteiger partial charge >= 0.3 is 0 Å². The quantitative estimate of drug-likeness (QED) is 0.502. The van der Waals surface area contributed by atoms with Gasteiger partial charge in [0.15, 0.2) is 6.61 Å². The summed E-state index contributed by atoms with van der Waals surface area (Å²) in [5, 5.41) is 17.1. The molecule has 0 spiro atoms. The number of morpholine rings is 1. The summed E-state index contributed by atoms with van der Waals surface area (Å²) < 4.78 is 24.4. The summed E-state index contributed by atoms with van der Waals surface area (Å²) in [6.45, 7) is 2.50. The summed E-state index contributed by atoms with van der Waals surface area (Å²) in [6.07, 6.45) is 3.37. The topological polar surface area (TPSA) is 113 Å². The Morgan fingerprint density at radius 3 is 2.62 bits per heavy atom. The van der Waals surface area contributed by atoms with Crippen LogP contribution >= 0.6 is 11.6 Å². The van der Waals surface area contributed by atoms with Gasteiger partial charge < -0.3 is 30.1 Å². The van der Waals surface area contributed by atoms with Gasteiger partial charge in [0.25, 0.3) is 11.8 Å². The molecular weight excluding hydrogens is 503 g/mol. The van der Waals surface area contributed by atoms with Crippen LogP contribution in [0, 0.1) is 5.82 Å².